The second-order valence-corrected chi connectivity index (χ2v) is 5.57. The van der Waals surface area contributed by atoms with Crippen LogP contribution in [-0.2, 0) is 23.8 Å². The van der Waals surface area contributed by atoms with E-state index in [4.69, 9.17) is 19.3 Å². The number of ketones is 1. The molecule has 0 aromatic rings. The number of carboxylic acids is 1. The molecule has 6 heteroatoms. The summed E-state index contributed by atoms with van der Waals surface area (Å²) in [5, 5.41) is 8.85. The maximum absolute atomic E-state index is 11.8. The molecule has 3 heterocycles. The number of carbonyl (C=O) groups excluding carboxylic acids is 1. The lowest BCUT2D eigenvalue weighted by Crippen LogP contribution is -2.54. The first kappa shape index (κ1) is 10.9. The fraction of sp³-hybridized carbons (Fsp3) is 0.833. The van der Waals surface area contributed by atoms with E-state index in [1.165, 1.54) is 0 Å². The third-order valence-corrected chi connectivity index (χ3v) is 4.49. The molecule has 4 fully saturated rings. The lowest BCUT2D eigenvalue weighted by molar-refractivity contribution is -0.181. The van der Waals surface area contributed by atoms with Crippen LogP contribution in [0.2, 0.25) is 0 Å². The van der Waals surface area contributed by atoms with Crippen LogP contribution >= 0.6 is 0 Å². The molecule has 4 aliphatic rings. The van der Waals surface area contributed by atoms with Gasteiger partial charge in [0, 0.05) is 6.42 Å². The summed E-state index contributed by atoms with van der Waals surface area (Å²) in [5.74, 6) is -0.830. The number of rotatable bonds is 2. The monoisotopic (exact) mass is 254 g/mol. The summed E-state index contributed by atoms with van der Waals surface area (Å²) in [5.41, 5.74) is -0.568. The molecule has 1 spiro atoms. The highest BCUT2D eigenvalue weighted by Gasteiger charge is 2.73. The summed E-state index contributed by atoms with van der Waals surface area (Å²) in [6.45, 7) is 0. The topological polar surface area (TPSA) is 85.4 Å². The Morgan fingerprint density at radius 2 is 2.22 bits per heavy atom. The minimum Gasteiger partial charge on any atom is -0.481 e. The molecule has 98 valence electrons. The molecule has 1 N–H and O–H groups in total. The fourth-order valence-electron chi connectivity index (χ4n) is 3.68. The van der Waals surface area contributed by atoms with Crippen LogP contribution in [0.15, 0.2) is 0 Å². The largest absolute Gasteiger partial charge is 0.481 e. The fourth-order valence-corrected chi connectivity index (χ4v) is 3.68. The van der Waals surface area contributed by atoms with Gasteiger partial charge < -0.3 is 19.3 Å². The van der Waals surface area contributed by atoms with E-state index in [0.29, 0.717) is 12.8 Å². The number of hydrogen-bond acceptors (Lipinski definition) is 5. The van der Waals surface area contributed by atoms with Crippen LogP contribution in [-0.4, -0.2) is 53.0 Å². The van der Waals surface area contributed by atoms with Gasteiger partial charge in [-0.1, -0.05) is 0 Å². The second kappa shape index (κ2) is 3.31. The molecule has 2 bridgehead atoms. The van der Waals surface area contributed by atoms with Crippen LogP contribution < -0.4 is 0 Å². The van der Waals surface area contributed by atoms with Crippen molar-refractivity contribution in [3.05, 3.63) is 0 Å². The summed E-state index contributed by atoms with van der Waals surface area (Å²) in [6.07, 6.45) is 0.516. The number of carbonyl (C=O) groups is 2. The molecule has 6 atom stereocenters. The third-order valence-electron chi connectivity index (χ3n) is 4.49. The first-order valence-corrected chi connectivity index (χ1v) is 6.34. The summed E-state index contributed by atoms with van der Waals surface area (Å²) in [4.78, 5) is 22.6. The van der Waals surface area contributed by atoms with Gasteiger partial charge in [-0.3, -0.25) is 9.59 Å². The van der Waals surface area contributed by atoms with E-state index in [1.54, 1.807) is 0 Å². The summed E-state index contributed by atoms with van der Waals surface area (Å²) in [7, 11) is 0. The normalized spacial score (nSPS) is 52.7. The molecule has 0 aromatic carbocycles. The molecule has 0 radical (unpaired) electrons. The van der Waals surface area contributed by atoms with Crippen molar-refractivity contribution >= 4 is 11.8 Å². The quantitative estimate of drug-likeness (QED) is 0.692. The number of ether oxygens (including phenoxy) is 3. The van der Waals surface area contributed by atoms with Crippen LogP contribution in [0.25, 0.3) is 0 Å². The van der Waals surface area contributed by atoms with Gasteiger partial charge >= 0.3 is 5.97 Å². The lowest BCUT2D eigenvalue weighted by Gasteiger charge is -2.41. The Morgan fingerprint density at radius 3 is 3.00 bits per heavy atom. The Bertz CT molecular complexity index is 434. The van der Waals surface area contributed by atoms with Gasteiger partial charge in [-0.15, -0.1) is 0 Å². The smallest absolute Gasteiger partial charge is 0.305 e. The Labute approximate surface area is 103 Å². The van der Waals surface area contributed by atoms with Crippen molar-refractivity contribution in [3.63, 3.8) is 0 Å². The van der Waals surface area contributed by atoms with Crippen molar-refractivity contribution in [1.29, 1.82) is 0 Å². The van der Waals surface area contributed by atoms with E-state index < -0.39 is 17.7 Å². The van der Waals surface area contributed by atoms with Gasteiger partial charge in [0.25, 0.3) is 0 Å². The number of hydrogen-bond donors (Lipinski definition) is 1. The first-order valence-electron chi connectivity index (χ1n) is 6.34. The lowest BCUT2D eigenvalue weighted by atomic mass is 9.78. The van der Waals surface area contributed by atoms with Gasteiger partial charge in [-0.2, -0.15) is 0 Å². The van der Waals surface area contributed by atoms with E-state index in [9.17, 15) is 9.59 Å². The molecule has 0 aromatic heterocycles. The molecule has 0 amide bonds. The Hall–Kier alpha value is -0.980. The third kappa shape index (κ3) is 1.28. The predicted molar refractivity (Wildman–Crippen MR) is 56.0 cm³/mol. The predicted octanol–water partition coefficient (Wildman–Crippen LogP) is -0.113. The summed E-state index contributed by atoms with van der Waals surface area (Å²) in [6, 6.07) is 0. The maximum Gasteiger partial charge on any atom is 0.305 e. The SMILES string of the molecule is O=C(O)CC1CC[C@@H]2O[C@@H]3CC2(O1)C1O[C@H]1C3=O. The maximum atomic E-state index is 11.8. The molecular weight excluding hydrogens is 240 g/mol. The Balaban J connectivity index is 1.61. The average molecular weight is 254 g/mol. The number of Topliss-reactive ketones (excluding diaryl/α,β-unsaturated/α-hetero) is 1. The Morgan fingerprint density at radius 1 is 1.39 bits per heavy atom. The number of carboxylic acid groups (broad SMARTS) is 1. The zero-order valence-electron chi connectivity index (χ0n) is 9.70. The van der Waals surface area contributed by atoms with Crippen molar-refractivity contribution in [2.24, 2.45) is 0 Å². The molecule has 3 aliphatic heterocycles. The standard InChI is InChI=1S/C12H14O6/c13-8(14)3-5-1-2-7-12(18-5)4-6(16-7)9(15)10-11(12)17-10/h5-7,10-11H,1-4H2,(H,13,14)/t5?,6-,7+,10+,11?,12?/m1/s1. The molecule has 6 nitrogen and oxygen atoms in total. The van der Waals surface area contributed by atoms with Crippen LogP contribution in [0.5, 0.6) is 0 Å². The van der Waals surface area contributed by atoms with Gasteiger partial charge in [0.05, 0.1) is 18.6 Å². The number of epoxide rings is 1. The summed E-state index contributed by atoms with van der Waals surface area (Å²) >= 11 is 0. The molecule has 3 unspecified atom stereocenters. The van der Waals surface area contributed by atoms with E-state index >= 15 is 0 Å². The van der Waals surface area contributed by atoms with Crippen molar-refractivity contribution in [1.82, 2.24) is 0 Å². The van der Waals surface area contributed by atoms with Crippen LogP contribution in [0.4, 0.5) is 0 Å². The van der Waals surface area contributed by atoms with Gasteiger partial charge in [0.15, 0.2) is 5.78 Å². The highest BCUT2D eigenvalue weighted by molar-refractivity contribution is 5.92. The minimum atomic E-state index is -0.856. The number of aliphatic carboxylic acids is 1. The van der Waals surface area contributed by atoms with E-state index in [-0.39, 0.29) is 36.6 Å². The molecule has 1 saturated carbocycles. The van der Waals surface area contributed by atoms with Gasteiger partial charge in [-0.25, -0.2) is 0 Å². The van der Waals surface area contributed by atoms with Crippen molar-refractivity contribution in [2.45, 2.75) is 61.8 Å². The zero-order chi connectivity index (χ0) is 12.5. The van der Waals surface area contributed by atoms with Crippen LogP contribution in [0, 0.1) is 0 Å². The van der Waals surface area contributed by atoms with Crippen molar-refractivity contribution in [3.8, 4) is 0 Å². The van der Waals surface area contributed by atoms with E-state index in [0.717, 1.165) is 6.42 Å². The molecule has 4 rings (SSSR count). The molecule has 1 aliphatic carbocycles. The zero-order valence-corrected chi connectivity index (χ0v) is 9.70. The second-order valence-electron chi connectivity index (χ2n) is 5.57. The molecular formula is C12H14O6. The highest BCUT2D eigenvalue weighted by Crippen LogP contribution is 2.55. The van der Waals surface area contributed by atoms with Gasteiger partial charge in [-0.05, 0) is 12.8 Å². The number of fused-ring (bicyclic) bond motifs is 2. The van der Waals surface area contributed by atoms with Crippen molar-refractivity contribution in [2.75, 3.05) is 0 Å². The molecule has 3 saturated heterocycles. The molecule has 18 heavy (non-hydrogen) atoms. The van der Waals surface area contributed by atoms with Gasteiger partial charge in [0.1, 0.15) is 23.9 Å². The Kier molecular flexibility index (Phi) is 2.01. The van der Waals surface area contributed by atoms with Crippen molar-refractivity contribution < 1.29 is 28.9 Å². The van der Waals surface area contributed by atoms with Gasteiger partial charge in [0.2, 0.25) is 0 Å². The van der Waals surface area contributed by atoms with Crippen LogP contribution in [0.1, 0.15) is 25.7 Å². The average Bonchev–Trinajstić information content (AvgIpc) is 3.03. The summed E-state index contributed by atoms with van der Waals surface area (Å²) < 4.78 is 17.2. The van der Waals surface area contributed by atoms with E-state index in [2.05, 4.69) is 0 Å². The van der Waals surface area contributed by atoms with E-state index in [1.807, 2.05) is 0 Å². The highest BCUT2D eigenvalue weighted by atomic mass is 16.7. The minimum absolute atomic E-state index is 0.00443. The first-order chi connectivity index (χ1) is 8.60. The van der Waals surface area contributed by atoms with Crippen LogP contribution in [0.3, 0.4) is 0 Å².